The van der Waals surface area contributed by atoms with Gasteiger partial charge in [-0.3, -0.25) is 9.69 Å². The minimum absolute atomic E-state index is 0.0160. The molecule has 1 saturated carbocycles. The van der Waals surface area contributed by atoms with Crippen molar-refractivity contribution >= 4 is 5.91 Å². The van der Waals surface area contributed by atoms with Crippen molar-refractivity contribution < 1.29 is 19.4 Å². The number of phenols is 1. The highest BCUT2D eigenvalue weighted by Crippen LogP contribution is 2.28. The molecule has 1 saturated heterocycles. The largest absolute Gasteiger partial charge is 0.504 e. The molecule has 0 spiro atoms. The summed E-state index contributed by atoms with van der Waals surface area (Å²) in [6, 6.07) is 13.7. The molecule has 172 valence electrons. The number of aromatic hydroxyl groups is 1. The first-order chi connectivity index (χ1) is 15.5. The summed E-state index contributed by atoms with van der Waals surface area (Å²) >= 11 is 0. The molecule has 0 aromatic heterocycles. The van der Waals surface area contributed by atoms with E-state index in [4.69, 9.17) is 9.47 Å². The van der Waals surface area contributed by atoms with Crippen LogP contribution in [0.5, 0.6) is 11.5 Å². The van der Waals surface area contributed by atoms with Crippen LogP contribution in [-0.4, -0.2) is 66.3 Å². The van der Waals surface area contributed by atoms with Crippen molar-refractivity contribution in [1.82, 2.24) is 9.80 Å². The normalized spacial score (nSPS) is 19.8. The third kappa shape index (κ3) is 5.43. The van der Waals surface area contributed by atoms with E-state index in [0.717, 1.165) is 49.2 Å². The highest BCUT2D eigenvalue weighted by molar-refractivity contribution is 5.94. The highest BCUT2D eigenvalue weighted by atomic mass is 16.5. The number of carbonyl (C=O) groups excluding carboxylic acids is 1. The van der Waals surface area contributed by atoms with Gasteiger partial charge in [-0.25, -0.2) is 0 Å². The number of rotatable bonds is 7. The Morgan fingerprint density at radius 3 is 2.66 bits per heavy atom. The van der Waals surface area contributed by atoms with Crippen molar-refractivity contribution in [3.05, 3.63) is 59.2 Å². The number of hydrogen-bond donors (Lipinski definition) is 1. The van der Waals surface area contributed by atoms with Gasteiger partial charge in [-0.05, 0) is 49.6 Å². The topological polar surface area (TPSA) is 62.2 Å². The van der Waals surface area contributed by atoms with Gasteiger partial charge in [0.25, 0.3) is 5.91 Å². The first kappa shape index (κ1) is 22.6. The number of nitrogens with zero attached hydrogens (tertiary/aromatic N) is 2. The number of benzene rings is 2. The number of amides is 1. The fourth-order valence-corrected chi connectivity index (χ4v) is 4.81. The maximum Gasteiger partial charge on any atom is 0.254 e. The molecule has 32 heavy (non-hydrogen) atoms. The maximum absolute atomic E-state index is 13.4. The van der Waals surface area contributed by atoms with Crippen LogP contribution in [0.15, 0.2) is 42.5 Å². The molecule has 1 heterocycles. The van der Waals surface area contributed by atoms with Gasteiger partial charge in [-0.1, -0.05) is 36.6 Å². The van der Waals surface area contributed by atoms with Crippen molar-refractivity contribution in [3.63, 3.8) is 0 Å². The van der Waals surface area contributed by atoms with Gasteiger partial charge in [0.2, 0.25) is 0 Å². The first-order valence-corrected chi connectivity index (χ1v) is 11.6. The van der Waals surface area contributed by atoms with E-state index in [-0.39, 0.29) is 17.8 Å². The Morgan fingerprint density at radius 2 is 1.94 bits per heavy atom. The molecule has 2 aromatic rings. The summed E-state index contributed by atoms with van der Waals surface area (Å²) in [5.74, 6) is 0.752. The van der Waals surface area contributed by atoms with Crippen LogP contribution in [0.3, 0.4) is 0 Å². The van der Waals surface area contributed by atoms with Crippen molar-refractivity contribution in [3.8, 4) is 11.5 Å². The van der Waals surface area contributed by atoms with E-state index < -0.39 is 0 Å². The first-order valence-electron chi connectivity index (χ1n) is 11.6. The molecule has 6 heteroatoms. The Kier molecular flexibility index (Phi) is 7.33. The molecule has 0 bridgehead atoms. The van der Waals surface area contributed by atoms with Gasteiger partial charge >= 0.3 is 0 Å². The van der Waals surface area contributed by atoms with Gasteiger partial charge in [-0.2, -0.15) is 0 Å². The molecule has 2 fully saturated rings. The Hall–Kier alpha value is -2.57. The Labute approximate surface area is 190 Å². The monoisotopic (exact) mass is 438 g/mol. The lowest BCUT2D eigenvalue weighted by atomic mass is 10.1. The van der Waals surface area contributed by atoms with E-state index in [1.54, 1.807) is 13.2 Å². The smallest absolute Gasteiger partial charge is 0.254 e. The van der Waals surface area contributed by atoms with Crippen molar-refractivity contribution in [2.45, 2.75) is 51.3 Å². The van der Waals surface area contributed by atoms with E-state index >= 15 is 0 Å². The SMILES string of the molecule is COc1cc(CN2CCOC(CN(C(=O)c3ccc(C)cc3)C3CCCC3)C2)ccc1O. The minimum Gasteiger partial charge on any atom is -0.504 e. The standard InChI is InChI=1S/C26H34N2O4/c1-19-7-10-21(11-8-19)26(30)28(22-5-3-4-6-22)18-23-17-27(13-14-32-23)16-20-9-12-24(29)25(15-20)31-2/h7-12,15,22-23,29H,3-6,13-14,16-18H2,1-2H3. The summed E-state index contributed by atoms with van der Waals surface area (Å²) in [7, 11) is 1.56. The van der Waals surface area contributed by atoms with Gasteiger partial charge in [0.1, 0.15) is 0 Å². The van der Waals surface area contributed by atoms with Crippen LogP contribution in [0.2, 0.25) is 0 Å². The molecule has 4 rings (SSSR count). The summed E-state index contributed by atoms with van der Waals surface area (Å²) in [6.07, 6.45) is 4.49. The average molecular weight is 439 g/mol. The van der Waals surface area contributed by atoms with Crippen LogP contribution in [0, 0.1) is 6.92 Å². The number of methoxy groups -OCH3 is 1. The average Bonchev–Trinajstić information content (AvgIpc) is 3.34. The number of aryl methyl sites for hydroxylation is 1. The number of phenolic OH excluding ortho intramolecular Hbond substituents is 1. The molecule has 1 unspecified atom stereocenters. The van der Waals surface area contributed by atoms with E-state index in [1.807, 2.05) is 43.3 Å². The molecule has 1 aliphatic carbocycles. The molecule has 0 radical (unpaired) electrons. The molecule has 6 nitrogen and oxygen atoms in total. The number of ether oxygens (including phenoxy) is 2. The van der Waals surface area contributed by atoms with Crippen molar-refractivity contribution in [1.29, 1.82) is 0 Å². The van der Waals surface area contributed by atoms with Gasteiger partial charge in [0.05, 0.1) is 19.8 Å². The third-order valence-corrected chi connectivity index (χ3v) is 6.60. The molecule has 2 aromatic carbocycles. The predicted octanol–water partition coefficient (Wildman–Crippen LogP) is 4.00. The number of morpholine rings is 1. The second-order valence-electron chi connectivity index (χ2n) is 9.00. The van der Waals surface area contributed by atoms with Crippen LogP contribution in [-0.2, 0) is 11.3 Å². The van der Waals surface area contributed by atoms with Gasteiger partial charge < -0.3 is 19.5 Å². The van der Waals surface area contributed by atoms with Crippen LogP contribution < -0.4 is 4.74 Å². The zero-order chi connectivity index (χ0) is 22.5. The molecular weight excluding hydrogens is 404 g/mol. The third-order valence-electron chi connectivity index (χ3n) is 6.60. The fraction of sp³-hybridized carbons (Fsp3) is 0.500. The molecular formula is C26H34N2O4. The quantitative estimate of drug-likeness (QED) is 0.708. The van der Waals surface area contributed by atoms with Gasteiger partial charge in [0.15, 0.2) is 11.5 Å². The van der Waals surface area contributed by atoms with Crippen LogP contribution in [0.4, 0.5) is 0 Å². The second kappa shape index (κ2) is 10.4. The lowest BCUT2D eigenvalue weighted by molar-refractivity contribution is -0.0468. The lowest BCUT2D eigenvalue weighted by Crippen LogP contribution is -2.50. The van der Waals surface area contributed by atoms with E-state index in [1.165, 1.54) is 12.8 Å². The number of hydrogen-bond acceptors (Lipinski definition) is 5. The second-order valence-corrected chi connectivity index (χ2v) is 9.00. The molecule has 1 atom stereocenters. The van der Waals surface area contributed by atoms with Crippen LogP contribution in [0.1, 0.15) is 47.2 Å². The summed E-state index contributed by atoms with van der Waals surface area (Å²) < 4.78 is 11.3. The Morgan fingerprint density at radius 1 is 1.19 bits per heavy atom. The molecule has 2 aliphatic rings. The summed E-state index contributed by atoms with van der Waals surface area (Å²) in [4.78, 5) is 17.8. The van der Waals surface area contributed by atoms with Crippen LogP contribution in [0.25, 0.3) is 0 Å². The predicted molar refractivity (Wildman–Crippen MR) is 124 cm³/mol. The van der Waals surface area contributed by atoms with Crippen molar-refractivity contribution in [2.24, 2.45) is 0 Å². The van der Waals surface area contributed by atoms with Crippen molar-refractivity contribution in [2.75, 3.05) is 33.4 Å². The van der Waals surface area contributed by atoms with Gasteiger partial charge in [0, 0.05) is 37.8 Å². The summed E-state index contributed by atoms with van der Waals surface area (Å²) in [5, 5.41) is 9.85. The van der Waals surface area contributed by atoms with E-state index in [0.29, 0.717) is 24.9 Å². The summed E-state index contributed by atoms with van der Waals surface area (Å²) in [6.45, 7) is 5.68. The Bertz CT molecular complexity index is 909. The van der Waals surface area contributed by atoms with Crippen LogP contribution >= 0.6 is 0 Å². The molecule has 1 amide bonds. The molecule has 1 N–H and O–H groups in total. The maximum atomic E-state index is 13.4. The zero-order valence-corrected chi connectivity index (χ0v) is 19.1. The van der Waals surface area contributed by atoms with E-state index in [9.17, 15) is 9.90 Å². The fourth-order valence-electron chi connectivity index (χ4n) is 4.81. The zero-order valence-electron chi connectivity index (χ0n) is 19.1. The highest BCUT2D eigenvalue weighted by Gasteiger charge is 2.31. The Balaban J connectivity index is 1.43. The molecule has 1 aliphatic heterocycles. The summed E-state index contributed by atoms with van der Waals surface area (Å²) in [5.41, 5.74) is 3.00. The minimum atomic E-state index is -0.0160. The number of carbonyl (C=O) groups is 1. The van der Waals surface area contributed by atoms with E-state index in [2.05, 4.69) is 9.80 Å². The van der Waals surface area contributed by atoms with Gasteiger partial charge in [-0.15, -0.1) is 0 Å². The lowest BCUT2D eigenvalue weighted by Gasteiger charge is -2.38.